The van der Waals surface area contributed by atoms with E-state index in [1.54, 1.807) is 0 Å². The van der Waals surface area contributed by atoms with Crippen molar-refractivity contribution in [3.63, 3.8) is 0 Å². The van der Waals surface area contributed by atoms with Crippen LogP contribution in [0.3, 0.4) is 0 Å². The molecule has 2 N–H and O–H groups in total. The maximum absolute atomic E-state index is 6.09. The van der Waals surface area contributed by atoms with Crippen molar-refractivity contribution in [2.24, 2.45) is 17.1 Å². The Labute approximate surface area is 113 Å². The van der Waals surface area contributed by atoms with Gasteiger partial charge in [-0.3, -0.25) is 0 Å². The van der Waals surface area contributed by atoms with Crippen LogP contribution in [-0.2, 0) is 0 Å². The average molecular weight is 252 g/mol. The van der Waals surface area contributed by atoms with Gasteiger partial charge in [0.15, 0.2) is 0 Å². The minimum atomic E-state index is 0.491. The molecule has 0 aromatic heterocycles. The smallest absolute Gasteiger partial charge is 0.000954 e. The van der Waals surface area contributed by atoms with Gasteiger partial charge in [-0.05, 0) is 63.1 Å². The van der Waals surface area contributed by atoms with E-state index in [1.807, 2.05) is 0 Å². The maximum atomic E-state index is 6.09. The minimum Gasteiger partial charge on any atom is -0.330 e. The number of hydrogen-bond acceptors (Lipinski definition) is 2. The molecule has 2 saturated carbocycles. The summed E-state index contributed by atoms with van der Waals surface area (Å²) in [6.45, 7) is 7.07. The van der Waals surface area contributed by atoms with Crippen LogP contribution in [0, 0.1) is 11.3 Å². The predicted octanol–water partition coefficient (Wildman–Crippen LogP) is 3.41. The molecular weight excluding hydrogens is 220 g/mol. The Morgan fingerprint density at radius 1 is 1.11 bits per heavy atom. The van der Waals surface area contributed by atoms with Crippen molar-refractivity contribution in [3.05, 3.63) is 0 Å². The maximum Gasteiger partial charge on any atom is 0.000954 e. The molecule has 18 heavy (non-hydrogen) atoms. The van der Waals surface area contributed by atoms with Crippen molar-refractivity contribution < 1.29 is 0 Å². The molecule has 2 fully saturated rings. The molecule has 0 radical (unpaired) electrons. The van der Waals surface area contributed by atoms with Gasteiger partial charge in [0.2, 0.25) is 0 Å². The highest BCUT2D eigenvalue weighted by Crippen LogP contribution is 2.38. The van der Waals surface area contributed by atoms with Gasteiger partial charge >= 0.3 is 0 Å². The second-order valence-corrected chi connectivity index (χ2v) is 6.70. The molecule has 0 spiro atoms. The molecule has 2 nitrogen and oxygen atoms in total. The fraction of sp³-hybridized carbons (Fsp3) is 1.00. The zero-order valence-electron chi connectivity index (χ0n) is 12.3. The van der Waals surface area contributed by atoms with Gasteiger partial charge in [0.05, 0.1) is 0 Å². The van der Waals surface area contributed by atoms with Crippen molar-refractivity contribution in [1.29, 1.82) is 0 Å². The Hall–Kier alpha value is -0.0800. The van der Waals surface area contributed by atoms with Crippen LogP contribution in [0.15, 0.2) is 0 Å². The zero-order valence-corrected chi connectivity index (χ0v) is 12.3. The van der Waals surface area contributed by atoms with Gasteiger partial charge in [-0.15, -0.1) is 0 Å². The van der Waals surface area contributed by atoms with Crippen LogP contribution in [0.5, 0.6) is 0 Å². The molecule has 2 heteroatoms. The first-order valence-electron chi connectivity index (χ1n) is 8.20. The van der Waals surface area contributed by atoms with Crippen LogP contribution in [-0.4, -0.2) is 31.1 Å². The van der Waals surface area contributed by atoms with Crippen molar-refractivity contribution in [2.45, 2.75) is 64.7 Å². The summed E-state index contributed by atoms with van der Waals surface area (Å²) in [5, 5.41) is 0. The molecule has 0 aliphatic heterocycles. The fourth-order valence-electron chi connectivity index (χ4n) is 3.67. The first-order chi connectivity index (χ1) is 8.78. The number of rotatable bonds is 7. The first kappa shape index (κ1) is 14.3. The van der Waals surface area contributed by atoms with Crippen LogP contribution in [0.1, 0.15) is 64.7 Å². The summed E-state index contributed by atoms with van der Waals surface area (Å²) in [6, 6.07) is 0. The predicted molar refractivity (Wildman–Crippen MR) is 78.6 cm³/mol. The summed E-state index contributed by atoms with van der Waals surface area (Å²) >= 11 is 0. The topological polar surface area (TPSA) is 29.3 Å². The van der Waals surface area contributed by atoms with E-state index in [0.717, 1.165) is 12.5 Å². The van der Waals surface area contributed by atoms with E-state index in [1.165, 1.54) is 77.4 Å². The summed E-state index contributed by atoms with van der Waals surface area (Å²) in [6.07, 6.45) is 12.8. The normalized spacial score (nSPS) is 24.2. The molecule has 0 unspecified atom stereocenters. The third-order valence-electron chi connectivity index (χ3n) is 5.49. The molecule has 0 heterocycles. The number of nitrogens with two attached hydrogens (primary N) is 1. The Balaban J connectivity index is 1.75. The molecule has 2 aliphatic carbocycles. The van der Waals surface area contributed by atoms with Crippen molar-refractivity contribution in [1.82, 2.24) is 4.90 Å². The van der Waals surface area contributed by atoms with E-state index >= 15 is 0 Å². The molecule has 2 aliphatic rings. The average Bonchev–Trinajstić information content (AvgIpc) is 2.38. The summed E-state index contributed by atoms with van der Waals surface area (Å²) in [5.41, 5.74) is 6.58. The van der Waals surface area contributed by atoms with Gasteiger partial charge in [0.1, 0.15) is 0 Å². The molecule has 0 atom stereocenters. The third-order valence-corrected chi connectivity index (χ3v) is 5.49. The van der Waals surface area contributed by atoms with Crippen LogP contribution in [0.2, 0.25) is 0 Å². The lowest BCUT2D eigenvalue weighted by Crippen LogP contribution is -2.39. The quantitative estimate of drug-likeness (QED) is 0.752. The lowest BCUT2D eigenvalue weighted by Gasteiger charge is -2.39. The van der Waals surface area contributed by atoms with Gasteiger partial charge in [0, 0.05) is 6.54 Å². The highest BCUT2D eigenvalue weighted by Gasteiger charge is 2.31. The Kier molecular flexibility index (Phi) is 5.50. The fourth-order valence-corrected chi connectivity index (χ4v) is 3.67. The largest absolute Gasteiger partial charge is 0.330 e. The highest BCUT2D eigenvalue weighted by atomic mass is 15.1. The lowest BCUT2D eigenvalue weighted by molar-refractivity contribution is 0.127. The SMILES string of the molecule is CCN(CCC1(CN)CCCCC1)CC1CCC1. The van der Waals surface area contributed by atoms with Crippen LogP contribution in [0.4, 0.5) is 0 Å². The van der Waals surface area contributed by atoms with E-state index in [-0.39, 0.29) is 0 Å². The van der Waals surface area contributed by atoms with E-state index in [2.05, 4.69) is 11.8 Å². The van der Waals surface area contributed by atoms with Gasteiger partial charge in [-0.1, -0.05) is 32.6 Å². The van der Waals surface area contributed by atoms with Gasteiger partial charge in [-0.2, -0.15) is 0 Å². The molecule has 0 bridgehead atoms. The van der Waals surface area contributed by atoms with Gasteiger partial charge in [-0.25, -0.2) is 0 Å². The Morgan fingerprint density at radius 2 is 1.83 bits per heavy atom. The molecule has 2 rings (SSSR count). The number of hydrogen-bond donors (Lipinski definition) is 1. The van der Waals surface area contributed by atoms with Crippen molar-refractivity contribution in [2.75, 3.05) is 26.2 Å². The molecule has 0 aromatic rings. The van der Waals surface area contributed by atoms with E-state index in [9.17, 15) is 0 Å². The molecule has 106 valence electrons. The number of nitrogens with zero attached hydrogens (tertiary/aromatic N) is 1. The zero-order chi connectivity index (χ0) is 12.8. The second-order valence-electron chi connectivity index (χ2n) is 6.70. The molecule has 0 saturated heterocycles. The molecule has 0 amide bonds. The summed E-state index contributed by atoms with van der Waals surface area (Å²) in [5.74, 6) is 1.00. The van der Waals surface area contributed by atoms with E-state index < -0.39 is 0 Å². The van der Waals surface area contributed by atoms with Crippen LogP contribution in [0.25, 0.3) is 0 Å². The van der Waals surface area contributed by atoms with E-state index in [0.29, 0.717) is 5.41 Å². The Bertz CT molecular complexity index is 229. The summed E-state index contributed by atoms with van der Waals surface area (Å²) in [7, 11) is 0. The van der Waals surface area contributed by atoms with Crippen molar-refractivity contribution in [3.8, 4) is 0 Å². The highest BCUT2D eigenvalue weighted by molar-refractivity contribution is 4.85. The standard InChI is InChI=1S/C16H32N2/c1-2-18(13-15-7-6-8-15)12-11-16(14-17)9-4-3-5-10-16/h15H,2-14,17H2,1H3. The second kappa shape index (κ2) is 6.91. The third kappa shape index (κ3) is 3.71. The minimum absolute atomic E-state index is 0.491. The molecular formula is C16H32N2. The summed E-state index contributed by atoms with van der Waals surface area (Å²) in [4.78, 5) is 2.68. The van der Waals surface area contributed by atoms with Crippen LogP contribution < -0.4 is 5.73 Å². The first-order valence-corrected chi connectivity index (χ1v) is 8.20. The monoisotopic (exact) mass is 252 g/mol. The van der Waals surface area contributed by atoms with Gasteiger partial charge < -0.3 is 10.6 Å². The Morgan fingerprint density at radius 3 is 2.33 bits per heavy atom. The lowest BCUT2D eigenvalue weighted by atomic mass is 9.72. The van der Waals surface area contributed by atoms with Crippen molar-refractivity contribution >= 4 is 0 Å². The van der Waals surface area contributed by atoms with Gasteiger partial charge in [0.25, 0.3) is 0 Å². The van der Waals surface area contributed by atoms with Crippen LogP contribution >= 0.6 is 0 Å². The summed E-state index contributed by atoms with van der Waals surface area (Å²) < 4.78 is 0. The molecule has 0 aromatic carbocycles. The van der Waals surface area contributed by atoms with E-state index in [4.69, 9.17) is 5.73 Å².